The summed E-state index contributed by atoms with van der Waals surface area (Å²) in [6, 6.07) is 0. The third-order valence-corrected chi connectivity index (χ3v) is 0.432. The maximum Gasteiger partial charge on any atom is 0.410 e. The van der Waals surface area contributed by atoms with E-state index in [1.54, 1.807) is 0 Å². The Morgan fingerprint density at radius 3 is 2.88 bits per heavy atom. The first kappa shape index (κ1) is 7.16. The van der Waals surface area contributed by atoms with E-state index in [2.05, 4.69) is 4.74 Å². The van der Waals surface area contributed by atoms with E-state index in [9.17, 15) is 9.18 Å². The van der Waals surface area contributed by atoms with Gasteiger partial charge in [0.1, 0.15) is 0 Å². The molecule has 5 heteroatoms. The minimum atomic E-state index is -1.12. The highest BCUT2D eigenvalue weighted by Crippen LogP contribution is 1.74. The van der Waals surface area contributed by atoms with Crippen LogP contribution in [0.1, 0.15) is 0 Å². The first-order chi connectivity index (χ1) is 3.81. The molecule has 0 bridgehead atoms. The molecule has 0 saturated carbocycles. The second-order valence-corrected chi connectivity index (χ2v) is 0.922. The zero-order chi connectivity index (χ0) is 6.41. The Bertz CT molecular complexity index is 69.7. The number of hydrogen-bond donors (Lipinski definition) is 2. The van der Waals surface area contributed by atoms with Gasteiger partial charge >= 0.3 is 6.09 Å². The maximum absolute atomic E-state index is 11.0. The average molecular weight is 122 g/mol. The molecule has 1 amide bonds. The van der Waals surface area contributed by atoms with Gasteiger partial charge in [0.05, 0.1) is 6.67 Å². The van der Waals surface area contributed by atoms with E-state index in [1.165, 1.54) is 0 Å². The van der Waals surface area contributed by atoms with Crippen molar-refractivity contribution in [1.29, 1.82) is 0 Å². The predicted molar refractivity (Wildman–Crippen MR) is 24.6 cm³/mol. The van der Waals surface area contributed by atoms with Crippen LogP contribution in [0.5, 0.6) is 0 Å². The first-order valence-electron chi connectivity index (χ1n) is 1.98. The Balaban J connectivity index is 3.06. The number of ether oxygens (including phenoxy) is 1. The van der Waals surface area contributed by atoms with E-state index in [0.29, 0.717) is 0 Å². The second kappa shape index (κ2) is 4.32. The molecule has 0 radical (unpaired) electrons. The van der Waals surface area contributed by atoms with Crippen LogP contribution in [-0.4, -0.2) is 19.6 Å². The lowest BCUT2D eigenvalue weighted by Crippen LogP contribution is -2.29. The zero-order valence-electron chi connectivity index (χ0n) is 4.19. The van der Waals surface area contributed by atoms with Gasteiger partial charge in [0.15, 0.2) is 0 Å². The number of rotatable bonds is 2. The van der Waals surface area contributed by atoms with Crippen molar-refractivity contribution in [3.8, 4) is 0 Å². The SMILES string of the molecule is NCNC(=O)OCF. The van der Waals surface area contributed by atoms with Gasteiger partial charge in [-0.2, -0.15) is 0 Å². The van der Waals surface area contributed by atoms with Gasteiger partial charge in [-0.1, -0.05) is 0 Å². The Labute approximate surface area is 45.8 Å². The van der Waals surface area contributed by atoms with Crippen LogP contribution in [0.25, 0.3) is 0 Å². The second-order valence-electron chi connectivity index (χ2n) is 0.922. The highest BCUT2D eigenvalue weighted by atomic mass is 19.1. The fourth-order valence-corrected chi connectivity index (χ4v) is 0.184. The summed E-state index contributed by atoms with van der Waals surface area (Å²) in [7, 11) is 0. The molecule has 0 fully saturated rings. The summed E-state index contributed by atoms with van der Waals surface area (Å²) in [6.07, 6.45) is -0.838. The van der Waals surface area contributed by atoms with Gasteiger partial charge in [-0.05, 0) is 0 Å². The third kappa shape index (κ3) is 3.35. The van der Waals surface area contributed by atoms with Gasteiger partial charge < -0.3 is 15.8 Å². The Morgan fingerprint density at radius 1 is 1.88 bits per heavy atom. The predicted octanol–water partition coefficient (Wildman–Crippen LogP) is -0.444. The van der Waals surface area contributed by atoms with Gasteiger partial charge in [0, 0.05) is 0 Å². The summed E-state index contributed by atoms with van der Waals surface area (Å²) < 4.78 is 14.8. The number of nitrogens with one attached hydrogen (secondary N) is 1. The van der Waals surface area contributed by atoms with Crippen LogP contribution >= 0.6 is 0 Å². The Morgan fingerprint density at radius 2 is 2.50 bits per heavy atom. The quantitative estimate of drug-likeness (QED) is 0.488. The lowest BCUT2D eigenvalue weighted by atomic mass is 11.0. The van der Waals surface area contributed by atoms with Crippen molar-refractivity contribution in [3.63, 3.8) is 0 Å². The highest BCUT2D eigenvalue weighted by Gasteiger charge is 1.94. The number of alkyl halides is 1. The van der Waals surface area contributed by atoms with Gasteiger partial charge in [-0.15, -0.1) is 0 Å². The summed E-state index contributed by atoms with van der Waals surface area (Å²) in [4.78, 5) is 9.99. The molecule has 0 unspecified atom stereocenters. The topological polar surface area (TPSA) is 64.3 Å². The van der Waals surface area contributed by atoms with Crippen molar-refractivity contribution in [2.45, 2.75) is 0 Å². The molecule has 0 aliphatic carbocycles. The minimum Gasteiger partial charge on any atom is -0.418 e. The lowest BCUT2D eigenvalue weighted by Gasteiger charge is -1.97. The molecule has 3 N–H and O–H groups in total. The number of amides is 1. The summed E-state index contributed by atoms with van der Waals surface area (Å²) in [5.41, 5.74) is 4.83. The number of carbonyl (C=O) groups excluding carboxylic acids is 1. The van der Waals surface area contributed by atoms with Crippen LogP contribution in [0.4, 0.5) is 9.18 Å². The van der Waals surface area contributed by atoms with E-state index >= 15 is 0 Å². The van der Waals surface area contributed by atoms with Crippen molar-refractivity contribution in [2.75, 3.05) is 13.5 Å². The van der Waals surface area contributed by atoms with E-state index in [0.717, 1.165) is 0 Å². The summed E-state index contributed by atoms with van der Waals surface area (Å²) in [6.45, 7) is -1.16. The highest BCUT2D eigenvalue weighted by molar-refractivity contribution is 5.66. The number of halogens is 1. The lowest BCUT2D eigenvalue weighted by molar-refractivity contribution is 0.0986. The van der Waals surface area contributed by atoms with Crippen LogP contribution < -0.4 is 11.1 Å². The summed E-state index contributed by atoms with van der Waals surface area (Å²) >= 11 is 0. The van der Waals surface area contributed by atoms with Crippen molar-refractivity contribution in [2.24, 2.45) is 5.73 Å². The van der Waals surface area contributed by atoms with E-state index in [4.69, 9.17) is 5.73 Å². The van der Waals surface area contributed by atoms with Gasteiger partial charge in [0.25, 0.3) is 0 Å². The monoisotopic (exact) mass is 122 g/mol. The van der Waals surface area contributed by atoms with E-state index in [1.807, 2.05) is 5.32 Å². The number of nitrogens with two attached hydrogens (primary N) is 1. The molecule has 0 aromatic rings. The fourth-order valence-electron chi connectivity index (χ4n) is 0.184. The Kier molecular flexibility index (Phi) is 3.87. The molecule has 0 aromatic carbocycles. The number of carbonyl (C=O) groups is 1. The molecule has 0 heterocycles. The zero-order valence-corrected chi connectivity index (χ0v) is 4.19. The van der Waals surface area contributed by atoms with Crippen molar-refractivity contribution in [3.05, 3.63) is 0 Å². The molecular formula is C3H7FN2O2. The molecule has 0 aliphatic rings. The van der Waals surface area contributed by atoms with E-state index in [-0.39, 0.29) is 6.67 Å². The fraction of sp³-hybridized carbons (Fsp3) is 0.667. The Hall–Kier alpha value is -0.840. The van der Waals surface area contributed by atoms with Crippen LogP contribution in [-0.2, 0) is 4.74 Å². The van der Waals surface area contributed by atoms with Gasteiger partial charge in [-0.25, -0.2) is 9.18 Å². The van der Waals surface area contributed by atoms with Crippen molar-refractivity contribution >= 4 is 6.09 Å². The molecule has 0 atom stereocenters. The molecule has 48 valence electrons. The molecule has 0 saturated heterocycles. The third-order valence-electron chi connectivity index (χ3n) is 0.432. The standard InChI is InChI=1S/C3H7FN2O2/c4-1-8-3(7)6-2-5/h1-2,5H2,(H,6,7). The largest absolute Gasteiger partial charge is 0.418 e. The molecule has 8 heavy (non-hydrogen) atoms. The maximum atomic E-state index is 11.0. The average Bonchev–Trinajstić information content (AvgIpc) is 1.68. The van der Waals surface area contributed by atoms with Crippen molar-refractivity contribution < 1.29 is 13.9 Å². The van der Waals surface area contributed by atoms with Crippen molar-refractivity contribution in [1.82, 2.24) is 5.32 Å². The molecule has 0 aliphatic heterocycles. The van der Waals surface area contributed by atoms with Gasteiger partial charge in [0.2, 0.25) is 6.86 Å². The van der Waals surface area contributed by atoms with Gasteiger partial charge in [-0.3, -0.25) is 0 Å². The summed E-state index contributed by atoms with van der Waals surface area (Å²) in [5.74, 6) is 0. The molecular weight excluding hydrogens is 115 g/mol. The normalized spacial score (nSPS) is 8.25. The van der Waals surface area contributed by atoms with Crippen LogP contribution in [0, 0.1) is 0 Å². The number of alkyl carbamates (subject to hydrolysis) is 1. The van der Waals surface area contributed by atoms with Crippen LogP contribution in [0.3, 0.4) is 0 Å². The molecule has 4 nitrogen and oxygen atoms in total. The van der Waals surface area contributed by atoms with E-state index < -0.39 is 13.0 Å². The molecule has 0 aromatic heterocycles. The summed E-state index contributed by atoms with van der Waals surface area (Å²) in [5, 5.41) is 2.02. The molecule has 0 rings (SSSR count). The van der Waals surface area contributed by atoms with Crippen LogP contribution in [0.2, 0.25) is 0 Å². The smallest absolute Gasteiger partial charge is 0.410 e. The van der Waals surface area contributed by atoms with Crippen LogP contribution in [0.15, 0.2) is 0 Å². The minimum absolute atomic E-state index is 0.0428. The molecule has 0 spiro atoms. The first-order valence-corrected chi connectivity index (χ1v) is 1.98. The number of hydrogen-bond acceptors (Lipinski definition) is 3.